The van der Waals surface area contributed by atoms with Crippen molar-refractivity contribution in [2.45, 2.75) is 57.5 Å². The normalized spacial score (nSPS) is 19.1. The van der Waals surface area contributed by atoms with Gasteiger partial charge in [-0.05, 0) is 51.8 Å². The molecule has 2 aliphatic rings. The molecule has 5 rings (SSSR count). The number of aromatic nitrogens is 3. The topological polar surface area (TPSA) is 125 Å². The van der Waals surface area contributed by atoms with E-state index in [1.807, 2.05) is 6.07 Å². The number of carbonyl (C=O) groups is 2. The van der Waals surface area contributed by atoms with Crippen LogP contribution in [0, 0.1) is 17.1 Å². The van der Waals surface area contributed by atoms with Gasteiger partial charge < -0.3 is 14.7 Å². The van der Waals surface area contributed by atoms with Crippen molar-refractivity contribution in [1.82, 2.24) is 19.7 Å². The molecule has 42 heavy (non-hydrogen) atoms. The minimum absolute atomic E-state index is 0.0151. The molecule has 2 amide bonds. The molecule has 0 aliphatic carbocycles. The molecule has 1 fully saturated rings. The van der Waals surface area contributed by atoms with Crippen molar-refractivity contribution in [3.63, 3.8) is 0 Å². The van der Waals surface area contributed by atoms with E-state index in [9.17, 15) is 33.1 Å². The van der Waals surface area contributed by atoms with Gasteiger partial charge in [0.05, 0.1) is 52.9 Å². The fourth-order valence-corrected chi connectivity index (χ4v) is 5.02. The Labute approximate surface area is 237 Å². The highest BCUT2D eigenvalue weighted by Crippen LogP contribution is 2.39. The first-order valence-corrected chi connectivity index (χ1v) is 13.0. The molecule has 0 bridgehead atoms. The third-order valence-corrected chi connectivity index (χ3v) is 6.99. The van der Waals surface area contributed by atoms with Gasteiger partial charge in [0.15, 0.2) is 11.4 Å². The van der Waals surface area contributed by atoms with E-state index in [-0.39, 0.29) is 59.1 Å². The summed E-state index contributed by atoms with van der Waals surface area (Å²) in [6.07, 6.45) is -4.77. The van der Waals surface area contributed by atoms with E-state index in [2.05, 4.69) is 10.1 Å². The standard InChI is InChI=1S/C28H26F4N6O4/c1-26(2,3)42-25(40)37-14-19-23(24(37)39)20(12-18(34-19)22-16(13-33)6-4-7-17(22)29)38-11-8-21(35-38)36-10-5-9-27(41,15-36)28(30,31)32/h4,6-8,11-12,41H,5,9-10,14-15H2,1-3H3/t27-/m0/s1. The lowest BCUT2D eigenvalue weighted by Crippen LogP contribution is -2.57. The molecule has 1 aromatic carbocycles. The molecule has 0 saturated carbocycles. The number of amides is 2. The van der Waals surface area contributed by atoms with Crippen molar-refractivity contribution in [3.05, 3.63) is 59.2 Å². The van der Waals surface area contributed by atoms with Crippen molar-refractivity contribution >= 4 is 17.8 Å². The number of pyridine rings is 1. The second-order valence-electron chi connectivity index (χ2n) is 11.2. The van der Waals surface area contributed by atoms with Crippen LogP contribution in [0.5, 0.6) is 0 Å². The fourth-order valence-electron chi connectivity index (χ4n) is 5.02. The molecule has 1 saturated heterocycles. The first-order valence-electron chi connectivity index (χ1n) is 13.0. The van der Waals surface area contributed by atoms with Crippen LogP contribution in [0.4, 0.5) is 28.2 Å². The first kappa shape index (κ1) is 29.0. The van der Waals surface area contributed by atoms with Gasteiger partial charge >= 0.3 is 12.3 Å². The molecule has 3 aromatic rings. The lowest BCUT2D eigenvalue weighted by atomic mass is 9.92. The number of nitriles is 1. The highest BCUT2D eigenvalue weighted by atomic mass is 19.4. The Kier molecular flexibility index (Phi) is 6.97. The number of alkyl halides is 3. The van der Waals surface area contributed by atoms with Gasteiger partial charge in [-0.3, -0.25) is 4.79 Å². The van der Waals surface area contributed by atoms with Gasteiger partial charge in [0, 0.05) is 18.8 Å². The Bertz CT molecular complexity index is 1620. The van der Waals surface area contributed by atoms with Gasteiger partial charge in [-0.1, -0.05) is 6.07 Å². The van der Waals surface area contributed by atoms with E-state index in [4.69, 9.17) is 4.74 Å². The summed E-state index contributed by atoms with van der Waals surface area (Å²) < 4.78 is 62.2. The summed E-state index contributed by atoms with van der Waals surface area (Å²) in [5.41, 5.74) is -3.89. The number of ether oxygens (including phenoxy) is 1. The van der Waals surface area contributed by atoms with E-state index in [0.717, 1.165) is 11.0 Å². The van der Waals surface area contributed by atoms with Gasteiger partial charge in [-0.25, -0.2) is 23.8 Å². The number of piperidine rings is 1. The van der Waals surface area contributed by atoms with Crippen LogP contribution in [0.15, 0.2) is 36.5 Å². The van der Waals surface area contributed by atoms with Gasteiger partial charge in [0.25, 0.3) is 5.91 Å². The van der Waals surface area contributed by atoms with E-state index >= 15 is 4.39 Å². The summed E-state index contributed by atoms with van der Waals surface area (Å²) in [6, 6.07) is 8.57. The number of rotatable bonds is 3. The molecule has 0 unspecified atom stereocenters. The molecule has 14 heteroatoms. The predicted octanol–water partition coefficient (Wildman–Crippen LogP) is 4.73. The molecule has 2 aliphatic heterocycles. The van der Waals surface area contributed by atoms with Crippen LogP contribution in [0.1, 0.15) is 55.2 Å². The number of β-amino-alcohol motifs (C(OH)–C–C–N with tert-alkyl or cyclic N) is 1. The quantitative estimate of drug-likeness (QED) is 0.437. The Morgan fingerprint density at radius 1 is 1.19 bits per heavy atom. The average Bonchev–Trinajstić information content (AvgIpc) is 3.52. The maximum absolute atomic E-state index is 15.0. The molecule has 1 atom stereocenters. The number of hydrogen-bond acceptors (Lipinski definition) is 8. The van der Waals surface area contributed by atoms with Gasteiger partial charge in [-0.2, -0.15) is 23.5 Å². The van der Waals surface area contributed by atoms with Gasteiger partial charge in [0.2, 0.25) is 0 Å². The molecular formula is C28H26F4N6O4. The SMILES string of the molecule is CC(C)(C)OC(=O)N1Cc2nc(-c3c(F)cccc3C#N)cc(-n3ccc(N4CCC[C@@](O)(C(F)(F)F)C4)n3)c2C1=O. The van der Waals surface area contributed by atoms with Crippen molar-refractivity contribution in [2.75, 3.05) is 18.0 Å². The Hall–Kier alpha value is -4.51. The summed E-state index contributed by atoms with van der Waals surface area (Å²) in [4.78, 5) is 32.9. The minimum atomic E-state index is -4.84. The van der Waals surface area contributed by atoms with Crippen LogP contribution >= 0.6 is 0 Å². The molecule has 4 heterocycles. The summed E-state index contributed by atoms with van der Waals surface area (Å²) in [5, 5.41) is 24.2. The fraction of sp³-hybridized carbons (Fsp3) is 0.393. The highest BCUT2D eigenvalue weighted by molar-refractivity contribution is 6.08. The number of anilines is 1. The largest absolute Gasteiger partial charge is 0.443 e. The zero-order chi connectivity index (χ0) is 30.6. The van der Waals surface area contributed by atoms with Crippen LogP contribution in [0.3, 0.4) is 0 Å². The average molecular weight is 587 g/mol. The maximum atomic E-state index is 15.0. The van der Waals surface area contributed by atoms with Gasteiger partial charge in [0.1, 0.15) is 11.4 Å². The predicted molar refractivity (Wildman–Crippen MR) is 140 cm³/mol. The summed E-state index contributed by atoms with van der Waals surface area (Å²) in [5.74, 6) is -1.41. The number of benzene rings is 1. The van der Waals surface area contributed by atoms with E-state index in [1.54, 1.807) is 20.8 Å². The zero-order valence-electron chi connectivity index (χ0n) is 22.9. The van der Waals surface area contributed by atoms with E-state index in [0.29, 0.717) is 0 Å². The highest BCUT2D eigenvalue weighted by Gasteiger charge is 2.55. The Morgan fingerprint density at radius 2 is 1.93 bits per heavy atom. The van der Waals surface area contributed by atoms with Crippen molar-refractivity contribution in [3.8, 4) is 23.0 Å². The third-order valence-electron chi connectivity index (χ3n) is 6.99. The molecule has 2 aromatic heterocycles. The van der Waals surface area contributed by atoms with Crippen LogP contribution < -0.4 is 4.90 Å². The second-order valence-corrected chi connectivity index (χ2v) is 11.2. The number of imide groups is 1. The van der Waals surface area contributed by atoms with Crippen molar-refractivity contribution in [2.24, 2.45) is 0 Å². The van der Waals surface area contributed by atoms with E-state index < -0.39 is 48.2 Å². The number of aliphatic hydroxyl groups is 1. The molecule has 220 valence electrons. The monoisotopic (exact) mass is 586 g/mol. The zero-order valence-corrected chi connectivity index (χ0v) is 22.9. The van der Waals surface area contributed by atoms with Crippen LogP contribution in [0.25, 0.3) is 16.9 Å². The summed E-state index contributed by atoms with van der Waals surface area (Å²) in [6.45, 7) is 4.05. The second kappa shape index (κ2) is 10.1. The van der Waals surface area contributed by atoms with Gasteiger partial charge in [-0.15, -0.1) is 0 Å². The molecule has 0 radical (unpaired) electrons. The number of carbonyl (C=O) groups excluding carboxylic acids is 2. The molecular weight excluding hydrogens is 560 g/mol. The number of nitrogens with zero attached hydrogens (tertiary/aromatic N) is 6. The van der Waals surface area contributed by atoms with Crippen molar-refractivity contribution in [1.29, 1.82) is 5.26 Å². The lowest BCUT2D eigenvalue weighted by Gasteiger charge is -2.40. The molecule has 0 spiro atoms. The third kappa shape index (κ3) is 5.16. The summed E-state index contributed by atoms with van der Waals surface area (Å²) in [7, 11) is 0. The van der Waals surface area contributed by atoms with Crippen LogP contribution in [-0.2, 0) is 11.3 Å². The van der Waals surface area contributed by atoms with Crippen LogP contribution in [0.2, 0.25) is 0 Å². The number of fused-ring (bicyclic) bond motifs is 1. The summed E-state index contributed by atoms with van der Waals surface area (Å²) >= 11 is 0. The molecule has 10 nitrogen and oxygen atoms in total. The number of halogens is 4. The van der Waals surface area contributed by atoms with E-state index in [1.165, 1.54) is 40.0 Å². The number of hydrogen-bond donors (Lipinski definition) is 1. The lowest BCUT2D eigenvalue weighted by molar-refractivity contribution is -0.261. The Morgan fingerprint density at radius 3 is 2.60 bits per heavy atom. The Balaban J connectivity index is 1.61. The molecule has 1 N–H and O–H groups in total. The maximum Gasteiger partial charge on any atom is 0.418 e. The van der Waals surface area contributed by atoms with Crippen LogP contribution in [-0.4, -0.2) is 67.2 Å². The van der Waals surface area contributed by atoms with Crippen molar-refractivity contribution < 1.29 is 37.0 Å². The first-order chi connectivity index (χ1) is 19.6. The smallest absolute Gasteiger partial charge is 0.418 e. The minimum Gasteiger partial charge on any atom is -0.443 e.